The maximum absolute atomic E-state index is 13.0. The lowest BCUT2D eigenvalue weighted by Crippen LogP contribution is -2.35. The van der Waals surface area contributed by atoms with Crippen LogP contribution in [0.3, 0.4) is 0 Å². The van der Waals surface area contributed by atoms with Crippen molar-refractivity contribution >= 4 is 11.8 Å². The summed E-state index contributed by atoms with van der Waals surface area (Å²) in [6.45, 7) is 0.524. The van der Waals surface area contributed by atoms with Crippen molar-refractivity contribution in [3.8, 4) is 0 Å². The largest absolute Gasteiger partial charge is 0.388 e. The lowest BCUT2D eigenvalue weighted by molar-refractivity contribution is -0.124. The Hall–Kier alpha value is -2.73. The smallest absolute Gasteiger partial charge is 0.224 e. The van der Waals surface area contributed by atoms with Gasteiger partial charge in [0.1, 0.15) is 5.82 Å². The molecule has 0 saturated heterocycles. The van der Waals surface area contributed by atoms with Crippen molar-refractivity contribution in [2.24, 2.45) is 0 Å². The number of carbonyl (C=O) groups is 2. The van der Waals surface area contributed by atoms with Gasteiger partial charge in [0.25, 0.3) is 0 Å². The third-order valence-corrected chi connectivity index (χ3v) is 3.59. The first-order valence-electron chi connectivity index (χ1n) is 8.05. The molecule has 1 atom stereocenters. The fourth-order valence-corrected chi connectivity index (χ4v) is 2.34. The van der Waals surface area contributed by atoms with E-state index in [1.807, 2.05) is 6.07 Å². The zero-order valence-corrected chi connectivity index (χ0v) is 13.7. The number of carbonyl (C=O) groups excluding carboxylic acids is 2. The Morgan fingerprint density at radius 2 is 1.64 bits per heavy atom. The van der Waals surface area contributed by atoms with E-state index >= 15 is 0 Å². The third-order valence-electron chi connectivity index (χ3n) is 3.59. The van der Waals surface area contributed by atoms with Crippen molar-refractivity contribution in [2.75, 3.05) is 13.1 Å². The van der Waals surface area contributed by atoms with Gasteiger partial charge in [0.05, 0.1) is 18.9 Å². The number of aliphatic hydroxyl groups excluding tert-OH is 1. The minimum Gasteiger partial charge on any atom is -0.388 e. The minimum absolute atomic E-state index is 0.0404. The lowest BCUT2D eigenvalue weighted by atomic mass is 10.1. The normalized spacial score (nSPS) is 11.6. The Labute approximate surface area is 145 Å². The molecule has 2 aromatic carbocycles. The molecule has 0 aliphatic heterocycles. The van der Waals surface area contributed by atoms with Gasteiger partial charge in [0.2, 0.25) is 11.8 Å². The molecule has 25 heavy (non-hydrogen) atoms. The second-order valence-corrected chi connectivity index (χ2v) is 5.64. The topological polar surface area (TPSA) is 78.4 Å². The second kappa shape index (κ2) is 9.54. The molecule has 0 bridgehead atoms. The monoisotopic (exact) mass is 344 g/mol. The second-order valence-electron chi connectivity index (χ2n) is 5.64. The molecule has 2 amide bonds. The van der Waals surface area contributed by atoms with E-state index in [4.69, 9.17) is 0 Å². The first-order chi connectivity index (χ1) is 12.0. The van der Waals surface area contributed by atoms with Gasteiger partial charge in [0.15, 0.2) is 0 Å². The van der Waals surface area contributed by atoms with Crippen molar-refractivity contribution < 1.29 is 19.1 Å². The molecule has 2 rings (SSSR count). The summed E-state index contributed by atoms with van der Waals surface area (Å²) in [4.78, 5) is 23.5. The fraction of sp³-hybridized carbons (Fsp3) is 0.263. The van der Waals surface area contributed by atoms with E-state index in [0.29, 0.717) is 11.1 Å². The number of hydrogen-bond donors (Lipinski definition) is 3. The molecule has 0 fully saturated rings. The van der Waals surface area contributed by atoms with Gasteiger partial charge in [-0.25, -0.2) is 4.39 Å². The van der Waals surface area contributed by atoms with Crippen LogP contribution in [-0.2, 0) is 16.0 Å². The molecule has 0 heterocycles. The standard InChI is InChI=1S/C19H21FN2O3/c20-16-8-4-5-14(11-16)12-18(24)21-9-10-22-19(25)13-17(23)15-6-2-1-3-7-15/h1-8,11,17,23H,9-10,12-13H2,(H,21,24)(H,22,25). The summed E-state index contributed by atoms with van der Waals surface area (Å²) in [5.74, 6) is -0.922. The van der Waals surface area contributed by atoms with Crippen LogP contribution < -0.4 is 10.6 Å². The Morgan fingerprint density at radius 3 is 2.32 bits per heavy atom. The van der Waals surface area contributed by atoms with Crippen LogP contribution in [0.15, 0.2) is 54.6 Å². The summed E-state index contributed by atoms with van der Waals surface area (Å²) >= 11 is 0. The molecule has 1 unspecified atom stereocenters. The van der Waals surface area contributed by atoms with E-state index in [0.717, 1.165) is 0 Å². The molecule has 0 spiro atoms. The highest BCUT2D eigenvalue weighted by atomic mass is 19.1. The molecule has 0 saturated carbocycles. The maximum atomic E-state index is 13.0. The Morgan fingerprint density at radius 1 is 0.960 bits per heavy atom. The zero-order valence-electron chi connectivity index (χ0n) is 13.7. The number of rotatable bonds is 8. The molecular weight excluding hydrogens is 323 g/mol. The van der Waals surface area contributed by atoms with E-state index in [9.17, 15) is 19.1 Å². The van der Waals surface area contributed by atoms with Gasteiger partial charge in [-0.1, -0.05) is 42.5 Å². The number of nitrogens with one attached hydrogen (secondary N) is 2. The summed E-state index contributed by atoms with van der Waals surface area (Å²) in [6.07, 6.45) is -0.816. The summed E-state index contributed by atoms with van der Waals surface area (Å²) in [7, 11) is 0. The number of halogens is 1. The van der Waals surface area contributed by atoms with Gasteiger partial charge in [-0.05, 0) is 23.3 Å². The van der Waals surface area contributed by atoms with Gasteiger partial charge in [-0.2, -0.15) is 0 Å². The van der Waals surface area contributed by atoms with Crippen LogP contribution in [0, 0.1) is 5.82 Å². The Balaban J connectivity index is 1.63. The van der Waals surface area contributed by atoms with Gasteiger partial charge in [-0.3, -0.25) is 9.59 Å². The highest BCUT2D eigenvalue weighted by Crippen LogP contribution is 2.15. The molecule has 6 heteroatoms. The average Bonchev–Trinajstić information content (AvgIpc) is 2.59. The van der Waals surface area contributed by atoms with Gasteiger partial charge in [-0.15, -0.1) is 0 Å². The van der Waals surface area contributed by atoms with Crippen LogP contribution in [0.2, 0.25) is 0 Å². The molecule has 0 aromatic heterocycles. The minimum atomic E-state index is -0.858. The average molecular weight is 344 g/mol. The number of benzene rings is 2. The van der Waals surface area contributed by atoms with Crippen LogP contribution >= 0.6 is 0 Å². The third kappa shape index (κ3) is 6.73. The van der Waals surface area contributed by atoms with Gasteiger partial charge < -0.3 is 15.7 Å². The van der Waals surface area contributed by atoms with Gasteiger partial charge in [0, 0.05) is 13.1 Å². The summed E-state index contributed by atoms with van der Waals surface area (Å²) in [6, 6.07) is 14.8. The number of amides is 2. The van der Waals surface area contributed by atoms with E-state index in [1.165, 1.54) is 12.1 Å². The molecule has 0 aliphatic rings. The van der Waals surface area contributed by atoms with E-state index in [1.54, 1.807) is 36.4 Å². The quantitative estimate of drug-likeness (QED) is 0.638. The van der Waals surface area contributed by atoms with E-state index in [-0.39, 0.29) is 43.6 Å². The molecule has 5 nitrogen and oxygen atoms in total. The van der Waals surface area contributed by atoms with Crippen LogP contribution in [0.4, 0.5) is 4.39 Å². The molecule has 0 aliphatic carbocycles. The van der Waals surface area contributed by atoms with Crippen LogP contribution in [0.5, 0.6) is 0 Å². The molecule has 0 radical (unpaired) electrons. The number of aliphatic hydroxyl groups is 1. The molecule has 132 valence electrons. The summed E-state index contributed by atoms with van der Waals surface area (Å²) < 4.78 is 13.0. The fourth-order valence-electron chi connectivity index (χ4n) is 2.34. The number of hydrogen-bond acceptors (Lipinski definition) is 3. The lowest BCUT2D eigenvalue weighted by Gasteiger charge is -2.11. The predicted octanol–water partition coefficient (Wildman–Crippen LogP) is 1.72. The maximum Gasteiger partial charge on any atom is 0.224 e. The summed E-state index contributed by atoms with van der Waals surface area (Å²) in [5, 5.41) is 15.3. The van der Waals surface area contributed by atoms with Crippen LogP contribution in [0.25, 0.3) is 0 Å². The molecule has 3 N–H and O–H groups in total. The van der Waals surface area contributed by atoms with E-state index in [2.05, 4.69) is 10.6 Å². The van der Waals surface area contributed by atoms with E-state index < -0.39 is 6.10 Å². The van der Waals surface area contributed by atoms with Gasteiger partial charge >= 0.3 is 0 Å². The molecular formula is C19H21FN2O3. The zero-order chi connectivity index (χ0) is 18.1. The van der Waals surface area contributed by atoms with Crippen molar-refractivity contribution in [1.29, 1.82) is 0 Å². The predicted molar refractivity (Wildman–Crippen MR) is 92.1 cm³/mol. The highest BCUT2D eigenvalue weighted by molar-refractivity contribution is 5.79. The van der Waals surface area contributed by atoms with Crippen LogP contribution in [0.1, 0.15) is 23.7 Å². The van der Waals surface area contributed by atoms with Crippen molar-refractivity contribution in [2.45, 2.75) is 18.9 Å². The van der Waals surface area contributed by atoms with Crippen molar-refractivity contribution in [3.63, 3.8) is 0 Å². The van der Waals surface area contributed by atoms with Crippen LogP contribution in [-0.4, -0.2) is 30.0 Å². The first-order valence-corrected chi connectivity index (χ1v) is 8.05. The SMILES string of the molecule is O=C(Cc1cccc(F)c1)NCCNC(=O)CC(O)c1ccccc1. The summed E-state index contributed by atoms with van der Waals surface area (Å²) in [5.41, 5.74) is 1.27. The first kappa shape index (κ1) is 18.6. The highest BCUT2D eigenvalue weighted by Gasteiger charge is 2.12. The Kier molecular flexibility index (Phi) is 7.10. The van der Waals surface area contributed by atoms with Crippen molar-refractivity contribution in [1.82, 2.24) is 10.6 Å². The molecule has 2 aromatic rings. The van der Waals surface area contributed by atoms with Crippen molar-refractivity contribution in [3.05, 3.63) is 71.5 Å². The Bertz CT molecular complexity index is 707.